The molecule has 1 N–H and O–H groups in total. The van der Waals surface area contributed by atoms with Crippen LogP contribution >= 0.6 is 0 Å². The van der Waals surface area contributed by atoms with Gasteiger partial charge in [-0.1, -0.05) is 25.5 Å². The first-order valence-electron chi connectivity index (χ1n) is 13.1. The number of carbonyl (C=O) groups excluding carboxylic acids is 2. The van der Waals surface area contributed by atoms with E-state index in [0.717, 1.165) is 24.0 Å². The number of aryl methyl sites for hydroxylation is 1. The number of methoxy groups -OCH3 is 1. The zero-order valence-corrected chi connectivity index (χ0v) is 22.8. The Hall–Kier alpha value is -4.33. The number of Topliss-reactive ketones (excluding diaryl/α,β-unsaturated/α-hetero) is 1. The van der Waals surface area contributed by atoms with Crippen molar-refractivity contribution >= 4 is 17.4 Å². The van der Waals surface area contributed by atoms with E-state index in [1.165, 1.54) is 12.0 Å². The summed E-state index contributed by atoms with van der Waals surface area (Å²) in [5, 5.41) is 11.5. The Morgan fingerprint density at radius 3 is 2.54 bits per heavy atom. The van der Waals surface area contributed by atoms with Gasteiger partial charge < -0.3 is 24.2 Å². The second-order valence-corrected chi connectivity index (χ2v) is 9.31. The van der Waals surface area contributed by atoms with Gasteiger partial charge in [0.25, 0.3) is 11.7 Å². The van der Waals surface area contributed by atoms with E-state index in [0.29, 0.717) is 41.6 Å². The van der Waals surface area contributed by atoms with Crippen LogP contribution in [0.3, 0.4) is 0 Å². The summed E-state index contributed by atoms with van der Waals surface area (Å²) in [6.07, 6.45) is 5.25. The van der Waals surface area contributed by atoms with Crippen LogP contribution in [0.5, 0.6) is 17.2 Å². The van der Waals surface area contributed by atoms with Gasteiger partial charge in [-0.05, 0) is 73.4 Å². The Morgan fingerprint density at radius 1 is 1.05 bits per heavy atom. The molecule has 8 nitrogen and oxygen atoms in total. The molecule has 0 spiro atoms. The largest absolute Gasteiger partial charge is 0.507 e. The van der Waals surface area contributed by atoms with Crippen molar-refractivity contribution in [1.29, 1.82) is 0 Å². The minimum absolute atomic E-state index is 0.0119. The normalized spacial score (nSPS) is 16.4. The maximum Gasteiger partial charge on any atom is 0.295 e. The number of ketones is 1. The number of benzene rings is 2. The van der Waals surface area contributed by atoms with E-state index >= 15 is 0 Å². The maximum atomic E-state index is 13.5. The molecular formula is C31H34N2O6. The lowest BCUT2D eigenvalue weighted by Gasteiger charge is -2.26. The molecule has 0 aliphatic carbocycles. The summed E-state index contributed by atoms with van der Waals surface area (Å²) >= 11 is 0. The van der Waals surface area contributed by atoms with Crippen molar-refractivity contribution in [2.75, 3.05) is 20.3 Å². The highest BCUT2D eigenvalue weighted by Crippen LogP contribution is 2.43. The predicted molar refractivity (Wildman–Crippen MR) is 148 cm³/mol. The molecule has 0 saturated carbocycles. The monoisotopic (exact) mass is 530 g/mol. The molecule has 1 amide bonds. The number of unbranched alkanes of at least 4 members (excludes halogenated alkanes) is 1. The van der Waals surface area contributed by atoms with Crippen molar-refractivity contribution in [2.24, 2.45) is 0 Å². The number of ether oxygens (including phenoxy) is 3. The number of pyridine rings is 1. The molecule has 204 valence electrons. The first kappa shape index (κ1) is 27.7. The Morgan fingerprint density at radius 2 is 1.87 bits per heavy atom. The number of aliphatic hydroxyl groups is 1. The fourth-order valence-electron chi connectivity index (χ4n) is 4.68. The quantitative estimate of drug-likeness (QED) is 0.149. The van der Waals surface area contributed by atoms with Crippen LogP contribution in [0.1, 0.15) is 55.0 Å². The minimum Gasteiger partial charge on any atom is -0.507 e. The van der Waals surface area contributed by atoms with Gasteiger partial charge in [-0.25, -0.2) is 0 Å². The average Bonchev–Trinajstić information content (AvgIpc) is 3.19. The average molecular weight is 531 g/mol. The zero-order chi connectivity index (χ0) is 27.9. The SMILES string of the molecule is CCCCOc1ccc(/C(O)=C2\C(=O)C(=O)N(Cc3cccnc3)C2c2ccc(OCC)c(OC)c2)c(C)c1. The van der Waals surface area contributed by atoms with Gasteiger partial charge in [0.05, 0.1) is 31.9 Å². The van der Waals surface area contributed by atoms with Crippen LogP contribution in [0.2, 0.25) is 0 Å². The van der Waals surface area contributed by atoms with Crippen molar-refractivity contribution < 1.29 is 28.9 Å². The second kappa shape index (κ2) is 12.5. The van der Waals surface area contributed by atoms with Gasteiger partial charge in [0.2, 0.25) is 0 Å². The lowest BCUT2D eigenvalue weighted by molar-refractivity contribution is -0.140. The van der Waals surface area contributed by atoms with E-state index in [9.17, 15) is 14.7 Å². The zero-order valence-electron chi connectivity index (χ0n) is 22.8. The van der Waals surface area contributed by atoms with Crippen LogP contribution in [0.15, 0.2) is 66.5 Å². The Kier molecular flexibility index (Phi) is 8.86. The van der Waals surface area contributed by atoms with E-state index in [1.807, 2.05) is 26.0 Å². The number of aliphatic hydroxyl groups excluding tert-OH is 1. The van der Waals surface area contributed by atoms with Crippen molar-refractivity contribution in [3.63, 3.8) is 0 Å². The van der Waals surface area contributed by atoms with Crippen LogP contribution < -0.4 is 14.2 Å². The second-order valence-electron chi connectivity index (χ2n) is 9.31. The number of nitrogens with zero attached hydrogens (tertiary/aromatic N) is 2. The molecule has 39 heavy (non-hydrogen) atoms. The first-order chi connectivity index (χ1) is 18.9. The molecule has 3 aromatic rings. The molecule has 1 atom stereocenters. The van der Waals surface area contributed by atoms with Gasteiger partial charge in [-0.2, -0.15) is 0 Å². The van der Waals surface area contributed by atoms with Crippen LogP contribution in [0, 0.1) is 6.92 Å². The van der Waals surface area contributed by atoms with Crippen LogP contribution in [-0.2, 0) is 16.1 Å². The summed E-state index contributed by atoms with van der Waals surface area (Å²) in [4.78, 5) is 32.5. The molecule has 1 aliphatic rings. The molecule has 1 saturated heterocycles. The first-order valence-corrected chi connectivity index (χ1v) is 13.1. The fraction of sp³-hybridized carbons (Fsp3) is 0.323. The van der Waals surface area contributed by atoms with Crippen molar-refractivity contribution in [1.82, 2.24) is 9.88 Å². The molecule has 1 aliphatic heterocycles. The van der Waals surface area contributed by atoms with Crippen molar-refractivity contribution in [3.8, 4) is 17.2 Å². The molecule has 1 fully saturated rings. The number of rotatable bonds is 11. The summed E-state index contributed by atoms with van der Waals surface area (Å²) in [6, 6.07) is 13.3. The number of aromatic nitrogens is 1. The molecule has 2 heterocycles. The fourth-order valence-corrected chi connectivity index (χ4v) is 4.68. The third-order valence-electron chi connectivity index (χ3n) is 6.64. The highest BCUT2D eigenvalue weighted by molar-refractivity contribution is 6.46. The third kappa shape index (κ3) is 5.90. The van der Waals surface area contributed by atoms with Crippen molar-refractivity contribution in [3.05, 3.63) is 88.8 Å². The number of hydrogen-bond donors (Lipinski definition) is 1. The molecule has 0 radical (unpaired) electrons. The van der Waals surface area contributed by atoms with Gasteiger partial charge >= 0.3 is 0 Å². The van der Waals surface area contributed by atoms with E-state index in [-0.39, 0.29) is 17.9 Å². The van der Waals surface area contributed by atoms with Crippen LogP contribution in [0.4, 0.5) is 0 Å². The number of hydrogen-bond acceptors (Lipinski definition) is 7. The van der Waals surface area contributed by atoms with Gasteiger partial charge in [0, 0.05) is 24.5 Å². The minimum atomic E-state index is -0.852. The molecule has 8 heteroatoms. The molecule has 1 aromatic heterocycles. The predicted octanol–water partition coefficient (Wildman–Crippen LogP) is 5.60. The Bertz CT molecular complexity index is 1370. The molecule has 0 bridgehead atoms. The van der Waals surface area contributed by atoms with Crippen molar-refractivity contribution in [2.45, 2.75) is 46.2 Å². The lowest BCUT2D eigenvalue weighted by atomic mass is 9.93. The highest BCUT2D eigenvalue weighted by Gasteiger charge is 2.46. The van der Waals surface area contributed by atoms with Crippen LogP contribution in [-0.4, -0.2) is 47.0 Å². The third-order valence-corrected chi connectivity index (χ3v) is 6.64. The van der Waals surface area contributed by atoms with Gasteiger partial charge in [-0.15, -0.1) is 0 Å². The summed E-state index contributed by atoms with van der Waals surface area (Å²) < 4.78 is 17.0. The van der Waals surface area contributed by atoms with E-state index < -0.39 is 17.7 Å². The summed E-state index contributed by atoms with van der Waals surface area (Å²) in [6.45, 7) is 6.99. The molecule has 2 aromatic carbocycles. The van der Waals surface area contributed by atoms with E-state index in [4.69, 9.17) is 14.2 Å². The van der Waals surface area contributed by atoms with E-state index in [1.54, 1.807) is 48.8 Å². The number of likely N-dealkylation sites (tertiary alicyclic amines) is 1. The summed E-state index contributed by atoms with van der Waals surface area (Å²) in [5.74, 6) is 0.000657. The Labute approximate surface area is 228 Å². The maximum absolute atomic E-state index is 13.5. The smallest absolute Gasteiger partial charge is 0.295 e. The van der Waals surface area contributed by atoms with Gasteiger partial charge in [0.1, 0.15) is 11.5 Å². The standard InChI is InChI=1S/C31H34N2O6/c1-5-7-15-39-23-11-12-24(20(3)16-23)29(34)27-28(22-10-13-25(38-6-2)26(17-22)37-4)33(31(36)30(27)35)19-21-9-8-14-32-18-21/h8-14,16-18,28,34H,5-7,15,19H2,1-4H3/b29-27+. The van der Waals surface area contributed by atoms with Gasteiger partial charge in [0.15, 0.2) is 11.5 Å². The van der Waals surface area contributed by atoms with Gasteiger partial charge in [-0.3, -0.25) is 14.6 Å². The number of carbonyl (C=O) groups is 2. The highest BCUT2D eigenvalue weighted by atomic mass is 16.5. The molecule has 4 rings (SSSR count). The number of amides is 1. The Balaban J connectivity index is 1.82. The topological polar surface area (TPSA) is 98.2 Å². The van der Waals surface area contributed by atoms with E-state index in [2.05, 4.69) is 11.9 Å². The lowest BCUT2D eigenvalue weighted by Crippen LogP contribution is -2.29. The molecular weight excluding hydrogens is 496 g/mol. The summed E-state index contributed by atoms with van der Waals surface area (Å²) in [5.41, 5.74) is 2.56. The van der Waals surface area contributed by atoms with Crippen LogP contribution in [0.25, 0.3) is 5.76 Å². The molecule has 1 unspecified atom stereocenters. The summed E-state index contributed by atoms with van der Waals surface area (Å²) in [7, 11) is 1.53.